The largest absolute Gasteiger partial charge is 0.348 e. The molecule has 0 bridgehead atoms. The Kier molecular flexibility index (Phi) is 8.13. The summed E-state index contributed by atoms with van der Waals surface area (Å²) in [5.41, 5.74) is -0.518. The van der Waals surface area contributed by atoms with Gasteiger partial charge in [0.2, 0.25) is 5.43 Å². The van der Waals surface area contributed by atoms with Crippen LogP contribution in [0.2, 0.25) is 0 Å². The second kappa shape index (κ2) is 10.9. The number of halogens is 3. The lowest BCUT2D eigenvalue weighted by molar-refractivity contribution is 0.0949. The molecule has 0 spiro atoms. The summed E-state index contributed by atoms with van der Waals surface area (Å²) in [4.78, 5) is 26.7. The van der Waals surface area contributed by atoms with Crippen LogP contribution >= 0.6 is 0 Å². The van der Waals surface area contributed by atoms with Crippen molar-refractivity contribution >= 4 is 21.5 Å². The number of amides is 1. The highest BCUT2D eigenvalue weighted by atomic mass is 32.2. The van der Waals surface area contributed by atoms with E-state index in [1.165, 1.54) is 24.4 Å². The van der Waals surface area contributed by atoms with Gasteiger partial charge in [0.15, 0.2) is 6.19 Å². The minimum absolute atomic E-state index is 0.0273. The van der Waals surface area contributed by atoms with E-state index in [0.717, 1.165) is 12.1 Å². The topological polar surface area (TPSA) is 104 Å². The maximum atomic E-state index is 13.9. The first-order chi connectivity index (χ1) is 17.4. The van der Waals surface area contributed by atoms with Gasteiger partial charge in [0.1, 0.15) is 11.4 Å². The zero-order chi connectivity index (χ0) is 27.5. The van der Waals surface area contributed by atoms with E-state index < -0.39 is 38.8 Å². The highest BCUT2D eigenvalue weighted by Crippen LogP contribution is 2.29. The third-order valence-electron chi connectivity index (χ3n) is 5.78. The van der Waals surface area contributed by atoms with Crippen LogP contribution in [0.25, 0.3) is 11.1 Å². The number of carbonyl (C=O) groups excluding carboxylic acids is 1. The van der Waals surface area contributed by atoms with Crippen molar-refractivity contribution in [3.8, 4) is 17.3 Å². The van der Waals surface area contributed by atoms with E-state index in [1.807, 2.05) is 13.8 Å². The summed E-state index contributed by atoms with van der Waals surface area (Å²) in [6.45, 7) is 5.33. The number of nitrogens with one attached hydrogen (secondary N) is 2. The number of alkyl halides is 2. The van der Waals surface area contributed by atoms with Gasteiger partial charge in [0, 0.05) is 30.0 Å². The average molecular weight is 531 g/mol. The van der Waals surface area contributed by atoms with Crippen LogP contribution in [0.3, 0.4) is 0 Å². The first-order valence-corrected chi connectivity index (χ1v) is 12.8. The maximum absolute atomic E-state index is 13.9. The van der Waals surface area contributed by atoms with Crippen molar-refractivity contribution in [2.45, 2.75) is 44.7 Å². The van der Waals surface area contributed by atoms with E-state index >= 15 is 0 Å². The predicted molar refractivity (Wildman–Crippen MR) is 136 cm³/mol. The standard InChI is InChI=1S/C26H25F3N4O3S/c1-15(2)33-13-21(24(34)23(16(33)3)18-7-10-22(27)20(11-18)25(28)29)26(35)31-12-17-5-8-19(9-6-17)37(4,36)32-14-30/h5-11,13,15,25H,4,12H2,1-3H3,(H,31,35)(H,32,36). The average Bonchev–Trinajstić information content (AvgIpc) is 2.83. The van der Waals surface area contributed by atoms with Gasteiger partial charge in [-0.15, -0.1) is 0 Å². The second-order valence-corrected chi connectivity index (χ2v) is 10.6. The Morgan fingerprint density at radius 2 is 1.84 bits per heavy atom. The molecule has 0 aliphatic heterocycles. The summed E-state index contributed by atoms with van der Waals surface area (Å²) in [6, 6.07) is 9.07. The lowest BCUT2D eigenvalue weighted by Gasteiger charge is -2.20. The number of carbonyl (C=O) groups is 1. The highest BCUT2D eigenvalue weighted by molar-refractivity contribution is 7.98. The number of rotatable bonds is 8. The van der Waals surface area contributed by atoms with E-state index in [-0.39, 0.29) is 29.3 Å². The number of nitriles is 1. The predicted octanol–water partition coefficient (Wildman–Crippen LogP) is 4.47. The normalized spacial score (nSPS) is 12.7. The van der Waals surface area contributed by atoms with Crippen molar-refractivity contribution in [2.24, 2.45) is 0 Å². The molecule has 7 nitrogen and oxygen atoms in total. The molecule has 0 aliphatic carbocycles. The molecule has 0 fully saturated rings. The van der Waals surface area contributed by atoms with E-state index in [9.17, 15) is 27.0 Å². The Bertz CT molecular complexity index is 1540. The van der Waals surface area contributed by atoms with E-state index in [4.69, 9.17) is 5.26 Å². The van der Waals surface area contributed by atoms with Gasteiger partial charge in [-0.1, -0.05) is 18.2 Å². The number of aromatic nitrogens is 1. The Morgan fingerprint density at radius 1 is 1.19 bits per heavy atom. The molecular formula is C26H25F3N4O3S. The van der Waals surface area contributed by atoms with Crippen LogP contribution in [0.5, 0.6) is 0 Å². The summed E-state index contributed by atoms with van der Waals surface area (Å²) in [6.07, 6.45) is -0.0651. The van der Waals surface area contributed by atoms with Gasteiger partial charge in [-0.25, -0.2) is 22.1 Å². The van der Waals surface area contributed by atoms with Gasteiger partial charge < -0.3 is 9.88 Å². The first kappa shape index (κ1) is 27.5. The molecule has 1 heterocycles. The van der Waals surface area contributed by atoms with Crippen molar-refractivity contribution in [3.63, 3.8) is 0 Å². The van der Waals surface area contributed by atoms with Crippen molar-refractivity contribution in [3.05, 3.63) is 87.1 Å². The second-order valence-electron chi connectivity index (χ2n) is 8.59. The van der Waals surface area contributed by atoms with E-state index in [0.29, 0.717) is 16.2 Å². The molecule has 1 atom stereocenters. The van der Waals surface area contributed by atoms with Crippen LogP contribution in [0.1, 0.15) is 53.5 Å². The summed E-state index contributed by atoms with van der Waals surface area (Å²) in [5, 5.41) is 11.4. The molecular weight excluding hydrogens is 505 g/mol. The van der Waals surface area contributed by atoms with Crippen LogP contribution in [-0.2, 0) is 16.3 Å². The van der Waals surface area contributed by atoms with Gasteiger partial charge >= 0.3 is 0 Å². The number of pyridine rings is 1. The summed E-state index contributed by atoms with van der Waals surface area (Å²) in [5.74, 6) is 1.72. The Labute approximate surface area is 212 Å². The van der Waals surface area contributed by atoms with Crippen LogP contribution in [0, 0.1) is 24.2 Å². The number of hydrogen-bond acceptors (Lipinski definition) is 4. The zero-order valence-corrected chi connectivity index (χ0v) is 21.2. The maximum Gasteiger partial charge on any atom is 0.266 e. The van der Waals surface area contributed by atoms with Gasteiger partial charge in [-0.3, -0.25) is 9.59 Å². The third-order valence-corrected chi connectivity index (χ3v) is 7.23. The molecule has 0 aliphatic rings. The first-order valence-electron chi connectivity index (χ1n) is 11.1. The quantitative estimate of drug-likeness (QED) is 0.255. The van der Waals surface area contributed by atoms with E-state index in [2.05, 4.69) is 15.9 Å². The molecule has 0 saturated heterocycles. The molecule has 194 valence electrons. The molecule has 11 heteroatoms. The number of benzene rings is 2. The molecule has 3 aromatic rings. The van der Waals surface area contributed by atoms with Gasteiger partial charge in [0.05, 0.1) is 20.2 Å². The van der Waals surface area contributed by atoms with Gasteiger partial charge in [0.25, 0.3) is 12.3 Å². The van der Waals surface area contributed by atoms with Crippen LogP contribution in [0.15, 0.2) is 58.4 Å². The molecule has 0 saturated carbocycles. The fraction of sp³-hybridized carbons (Fsp3) is 0.231. The summed E-state index contributed by atoms with van der Waals surface area (Å²) >= 11 is 0. The monoisotopic (exact) mass is 530 g/mol. The van der Waals surface area contributed by atoms with Crippen LogP contribution in [0.4, 0.5) is 13.2 Å². The zero-order valence-electron chi connectivity index (χ0n) is 20.3. The Morgan fingerprint density at radius 3 is 2.41 bits per heavy atom. The fourth-order valence-corrected chi connectivity index (χ4v) is 4.71. The van der Waals surface area contributed by atoms with Crippen LogP contribution in [-0.4, -0.2) is 20.6 Å². The molecule has 2 N–H and O–H groups in total. The minimum atomic E-state index is -3.07. The number of nitrogens with zero attached hydrogens (tertiary/aromatic N) is 2. The molecule has 2 aromatic carbocycles. The molecule has 1 aromatic heterocycles. The van der Waals surface area contributed by atoms with Crippen molar-refractivity contribution < 1.29 is 22.2 Å². The fourth-order valence-electron chi connectivity index (χ4n) is 3.86. The Balaban J connectivity index is 1.97. The van der Waals surface area contributed by atoms with E-state index in [1.54, 1.807) is 29.8 Å². The summed E-state index contributed by atoms with van der Waals surface area (Å²) in [7, 11) is -2.98. The minimum Gasteiger partial charge on any atom is -0.348 e. The SMILES string of the molecule is C=S(=O)(NC#N)c1ccc(CNC(=O)c2cn(C(C)C)c(C)c(-c3ccc(F)c(C(F)F)c3)c2=O)cc1. The molecule has 1 amide bonds. The van der Waals surface area contributed by atoms with Crippen molar-refractivity contribution in [1.82, 2.24) is 14.6 Å². The number of hydrogen-bond donors (Lipinski definition) is 2. The van der Waals surface area contributed by atoms with Gasteiger partial charge in [-0.2, -0.15) is 5.26 Å². The molecule has 3 rings (SSSR count). The Hall–Kier alpha value is -4.04. The lowest BCUT2D eigenvalue weighted by Crippen LogP contribution is -2.31. The molecule has 1 unspecified atom stereocenters. The van der Waals surface area contributed by atoms with Crippen LogP contribution < -0.4 is 15.5 Å². The smallest absolute Gasteiger partial charge is 0.266 e. The van der Waals surface area contributed by atoms with Crippen molar-refractivity contribution in [1.29, 1.82) is 5.26 Å². The lowest BCUT2D eigenvalue weighted by atomic mass is 9.98. The molecule has 37 heavy (non-hydrogen) atoms. The summed E-state index contributed by atoms with van der Waals surface area (Å²) < 4.78 is 56.6. The third kappa shape index (κ3) is 5.86. The highest BCUT2D eigenvalue weighted by Gasteiger charge is 2.22. The van der Waals surface area contributed by atoms with Gasteiger partial charge in [-0.05, 0) is 62.0 Å². The van der Waals surface area contributed by atoms with Crippen molar-refractivity contribution in [2.75, 3.05) is 0 Å². The molecule has 0 radical (unpaired) electrons.